The molecular weight excluding hydrogens is 286 g/mol. The van der Waals surface area contributed by atoms with Gasteiger partial charge in [0.1, 0.15) is 5.69 Å². The molecule has 0 radical (unpaired) electrons. The van der Waals surface area contributed by atoms with E-state index >= 15 is 0 Å². The fraction of sp³-hybridized carbons (Fsp3) is 0. The third-order valence-corrected chi connectivity index (χ3v) is 4.05. The van der Waals surface area contributed by atoms with Crippen molar-refractivity contribution in [3.05, 3.63) is 66.7 Å². The summed E-state index contributed by atoms with van der Waals surface area (Å²) in [5.41, 5.74) is 4.24. The zero-order valence-corrected chi connectivity index (χ0v) is 12.1. The first-order valence-electron chi connectivity index (χ1n) is 7.36. The highest BCUT2D eigenvalue weighted by Gasteiger charge is 2.13. The maximum atomic E-state index is 4.79. The van der Waals surface area contributed by atoms with Crippen molar-refractivity contribution >= 4 is 27.5 Å². The Bertz CT molecular complexity index is 1180. The third kappa shape index (κ3) is 1.80. The summed E-state index contributed by atoms with van der Waals surface area (Å²) in [6.45, 7) is 0. The van der Waals surface area contributed by atoms with Crippen LogP contribution in [0.3, 0.4) is 0 Å². The monoisotopic (exact) mass is 297 g/mol. The first-order chi connectivity index (χ1) is 11.4. The Morgan fingerprint density at radius 2 is 1.61 bits per heavy atom. The SMILES string of the molecule is c1ccc2cc(-c3nc4ccccc4n4nnnc34)ccc2c1. The van der Waals surface area contributed by atoms with Crippen LogP contribution in [0.2, 0.25) is 0 Å². The van der Waals surface area contributed by atoms with Gasteiger partial charge in [-0.1, -0.05) is 48.5 Å². The van der Waals surface area contributed by atoms with Gasteiger partial charge in [-0.05, 0) is 39.4 Å². The van der Waals surface area contributed by atoms with Gasteiger partial charge < -0.3 is 0 Å². The van der Waals surface area contributed by atoms with Crippen LogP contribution in [-0.2, 0) is 0 Å². The van der Waals surface area contributed by atoms with E-state index in [1.54, 1.807) is 4.52 Å². The molecule has 0 spiro atoms. The second-order valence-corrected chi connectivity index (χ2v) is 5.43. The molecule has 0 amide bonds. The summed E-state index contributed by atoms with van der Waals surface area (Å²) in [6.07, 6.45) is 0. The molecule has 2 heterocycles. The van der Waals surface area contributed by atoms with E-state index in [9.17, 15) is 0 Å². The lowest BCUT2D eigenvalue weighted by Gasteiger charge is -2.06. The molecule has 0 bridgehead atoms. The molecule has 0 unspecified atom stereocenters. The average molecular weight is 297 g/mol. The summed E-state index contributed by atoms with van der Waals surface area (Å²) in [5.74, 6) is 0. The van der Waals surface area contributed by atoms with Crippen LogP contribution in [0.15, 0.2) is 66.7 Å². The molecule has 2 aromatic heterocycles. The minimum atomic E-state index is 0.666. The Kier molecular flexibility index (Phi) is 2.43. The molecule has 0 saturated heterocycles. The first kappa shape index (κ1) is 12.2. The quantitative estimate of drug-likeness (QED) is 0.475. The van der Waals surface area contributed by atoms with Gasteiger partial charge in [0.2, 0.25) is 5.65 Å². The number of benzene rings is 3. The molecule has 0 fully saturated rings. The number of nitrogens with zero attached hydrogens (tertiary/aromatic N) is 5. The van der Waals surface area contributed by atoms with Crippen molar-refractivity contribution < 1.29 is 0 Å². The van der Waals surface area contributed by atoms with E-state index in [1.807, 2.05) is 36.4 Å². The number of tetrazole rings is 1. The lowest BCUT2D eigenvalue weighted by molar-refractivity contribution is 0.841. The van der Waals surface area contributed by atoms with Crippen LogP contribution in [0, 0.1) is 0 Å². The van der Waals surface area contributed by atoms with Crippen LogP contribution in [0.4, 0.5) is 0 Å². The van der Waals surface area contributed by atoms with Crippen LogP contribution in [0.25, 0.3) is 38.7 Å². The van der Waals surface area contributed by atoms with Gasteiger partial charge >= 0.3 is 0 Å². The van der Waals surface area contributed by atoms with Gasteiger partial charge in [0.25, 0.3) is 0 Å². The van der Waals surface area contributed by atoms with Gasteiger partial charge in [0.05, 0.1) is 11.0 Å². The van der Waals surface area contributed by atoms with Crippen molar-refractivity contribution in [1.82, 2.24) is 25.0 Å². The fourth-order valence-electron chi connectivity index (χ4n) is 2.94. The molecule has 5 aromatic rings. The van der Waals surface area contributed by atoms with Gasteiger partial charge in [-0.3, -0.25) is 0 Å². The van der Waals surface area contributed by atoms with Gasteiger partial charge in [-0.15, -0.1) is 5.10 Å². The van der Waals surface area contributed by atoms with Gasteiger partial charge in [0.15, 0.2) is 0 Å². The Morgan fingerprint density at radius 1 is 0.783 bits per heavy atom. The van der Waals surface area contributed by atoms with E-state index in [0.717, 1.165) is 22.3 Å². The van der Waals surface area contributed by atoms with Crippen molar-refractivity contribution in [2.45, 2.75) is 0 Å². The van der Waals surface area contributed by atoms with Crippen LogP contribution in [0.1, 0.15) is 0 Å². The van der Waals surface area contributed by atoms with E-state index in [1.165, 1.54) is 10.8 Å². The molecule has 108 valence electrons. The molecule has 5 heteroatoms. The van der Waals surface area contributed by atoms with E-state index in [-0.39, 0.29) is 0 Å². The maximum absolute atomic E-state index is 4.79. The zero-order valence-electron chi connectivity index (χ0n) is 12.1. The van der Waals surface area contributed by atoms with Gasteiger partial charge in [0, 0.05) is 5.56 Å². The van der Waals surface area contributed by atoms with Gasteiger partial charge in [-0.25, -0.2) is 4.98 Å². The lowest BCUT2D eigenvalue weighted by Crippen LogP contribution is -1.97. The molecular formula is C18H11N5. The molecule has 5 nitrogen and oxygen atoms in total. The fourth-order valence-corrected chi connectivity index (χ4v) is 2.94. The van der Waals surface area contributed by atoms with Crippen LogP contribution in [-0.4, -0.2) is 25.0 Å². The molecule has 0 aliphatic rings. The molecule has 0 aliphatic carbocycles. The highest BCUT2D eigenvalue weighted by molar-refractivity contribution is 5.91. The topological polar surface area (TPSA) is 56.0 Å². The predicted octanol–water partition coefficient (Wildman–Crippen LogP) is 3.49. The van der Waals surface area contributed by atoms with Crippen LogP contribution in [0.5, 0.6) is 0 Å². The highest BCUT2D eigenvalue weighted by atomic mass is 15.5. The van der Waals surface area contributed by atoms with E-state index < -0.39 is 0 Å². The average Bonchev–Trinajstić information content (AvgIpc) is 3.11. The Morgan fingerprint density at radius 3 is 2.57 bits per heavy atom. The Labute approximate surface area is 131 Å². The van der Waals surface area contributed by atoms with Crippen molar-refractivity contribution in [2.24, 2.45) is 0 Å². The van der Waals surface area contributed by atoms with Crippen LogP contribution >= 0.6 is 0 Å². The zero-order chi connectivity index (χ0) is 15.2. The molecule has 0 aliphatic heterocycles. The summed E-state index contributed by atoms with van der Waals surface area (Å²) in [7, 11) is 0. The lowest BCUT2D eigenvalue weighted by atomic mass is 10.0. The van der Waals surface area contributed by atoms with Crippen molar-refractivity contribution in [2.75, 3.05) is 0 Å². The Balaban J connectivity index is 1.87. The minimum absolute atomic E-state index is 0.666. The van der Waals surface area contributed by atoms with E-state index in [0.29, 0.717) is 5.65 Å². The maximum Gasteiger partial charge on any atom is 0.206 e. The summed E-state index contributed by atoms with van der Waals surface area (Å²) in [6, 6.07) is 22.4. The summed E-state index contributed by atoms with van der Waals surface area (Å²) in [4.78, 5) is 4.79. The number of hydrogen-bond acceptors (Lipinski definition) is 4. The number of rotatable bonds is 1. The third-order valence-electron chi connectivity index (χ3n) is 4.05. The number of fused-ring (bicyclic) bond motifs is 4. The largest absolute Gasteiger partial charge is 0.242 e. The summed E-state index contributed by atoms with van der Waals surface area (Å²) in [5, 5.41) is 14.5. The molecule has 5 rings (SSSR count). The van der Waals surface area contributed by atoms with Gasteiger partial charge in [-0.2, -0.15) is 4.52 Å². The normalized spacial score (nSPS) is 11.5. The van der Waals surface area contributed by atoms with E-state index in [4.69, 9.17) is 4.98 Å². The highest BCUT2D eigenvalue weighted by Crippen LogP contribution is 2.27. The van der Waals surface area contributed by atoms with Crippen molar-refractivity contribution in [3.8, 4) is 11.3 Å². The number of para-hydroxylation sites is 2. The second-order valence-electron chi connectivity index (χ2n) is 5.43. The van der Waals surface area contributed by atoms with Crippen molar-refractivity contribution in [3.63, 3.8) is 0 Å². The summed E-state index contributed by atoms with van der Waals surface area (Å²) >= 11 is 0. The predicted molar refractivity (Wildman–Crippen MR) is 89.0 cm³/mol. The number of aromatic nitrogens is 5. The van der Waals surface area contributed by atoms with E-state index in [2.05, 4.69) is 45.9 Å². The standard InChI is InChI=1S/C18H11N5/c1-2-6-13-11-14(10-9-12(13)5-1)17-18-20-21-22-23(18)16-8-4-3-7-15(16)19-17/h1-11H. The first-order valence-corrected chi connectivity index (χ1v) is 7.36. The van der Waals surface area contributed by atoms with Crippen molar-refractivity contribution in [1.29, 1.82) is 0 Å². The summed E-state index contributed by atoms with van der Waals surface area (Å²) < 4.78 is 1.74. The minimum Gasteiger partial charge on any atom is -0.242 e. The molecule has 0 atom stereocenters. The molecule has 3 aromatic carbocycles. The number of hydrogen-bond donors (Lipinski definition) is 0. The van der Waals surface area contributed by atoms with Crippen LogP contribution < -0.4 is 0 Å². The second kappa shape index (κ2) is 4.58. The molecule has 0 saturated carbocycles. The smallest absolute Gasteiger partial charge is 0.206 e. The molecule has 0 N–H and O–H groups in total. The Hall–Kier alpha value is -3.34. The molecule has 23 heavy (non-hydrogen) atoms.